The van der Waals surface area contributed by atoms with Crippen LogP contribution in [-0.2, 0) is 13.0 Å². The molecule has 5 heteroatoms. The highest BCUT2D eigenvalue weighted by atomic mass is 19.1. The van der Waals surface area contributed by atoms with Gasteiger partial charge in [-0.1, -0.05) is 24.3 Å². The number of carbonyl (C=O) groups is 1. The molecule has 0 bridgehead atoms. The zero-order chi connectivity index (χ0) is 19.1. The molecule has 3 rings (SSSR count). The third kappa shape index (κ3) is 5.66. The van der Waals surface area contributed by atoms with Crippen molar-refractivity contribution in [1.29, 1.82) is 0 Å². The van der Waals surface area contributed by atoms with Gasteiger partial charge < -0.3 is 15.8 Å². The van der Waals surface area contributed by atoms with E-state index in [1.165, 1.54) is 6.07 Å². The number of carbonyl (C=O) groups excluding carboxylic acids is 1. The van der Waals surface area contributed by atoms with E-state index in [1.54, 1.807) is 36.4 Å². The zero-order valence-corrected chi connectivity index (χ0v) is 14.8. The molecule has 0 aliphatic carbocycles. The Bertz CT molecular complexity index is 893. The number of nitrogens with two attached hydrogens (primary N) is 1. The Morgan fingerprint density at radius 1 is 0.926 bits per heavy atom. The molecular formula is C22H21FN2O2. The molecule has 0 radical (unpaired) electrons. The Labute approximate surface area is 157 Å². The third-order valence-electron chi connectivity index (χ3n) is 4.11. The Morgan fingerprint density at radius 3 is 2.22 bits per heavy atom. The number of hydrogen-bond donors (Lipinski definition) is 2. The molecule has 0 unspecified atom stereocenters. The molecular weight excluding hydrogens is 343 g/mol. The molecule has 0 aliphatic rings. The summed E-state index contributed by atoms with van der Waals surface area (Å²) in [5, 5.41) is 3.35. The van der Waals surface area contributed by atoms with Crippen LogP contribution in [0.15, 0.2) is 72.8 Å². The SMILES string of the molecule is NC(=O)c1ccc(Oc2ccc(CNCCc3cccc(F)c3)cc2)cc1. The minimum Gasteiger partial charge on any atom is -0.457 e. The molecule has 0 saturated carbocycles. The summed E-state index contributed by atoms with van der Waals surface area (Å²) in [5.74, 6) is 0.689. The number of halogens is 1. The van der Waals surface area contributed by atoms with E-state index in [0.29, 0.717) is 17.1 Å². The lowest BCUT2D eigenvalue weighted by molar-refractivity contribution is 0.100. The van der Waals surface area contributed by atoms with Crippen LogP contribution >= 0.6 is 0 Å². The average molecular weight is 364 g/mol. The van der Waals surface area contributed by atoms with Crippen molar-refractivity contribution in [1.82, 2.24) is 5.32 Å². The summed E-state index contributed by atoms with van der Waals surface area (Å²) < 4.78 is 18.9. The van der Waals surface area contributed by atoms with Gasteiger partial charge in [-0.15, -0.1) is 0 Å². The summed E-state index contributed by atoms with van der Waals surface area (Å²) in [5.41, 5.74) is 7.78. The average Bonchev–Trinajstić information content (AvgIpc) is 2.67. The second kappa shape index (κ2) is 8.96. The molecule has 0 spiro atoms. The van der Waals surface area contributed by atoms with Gasteiger partial charge in [-0.3, -0.25) is 4.79 Å². The Kier molecular flexibility index (Phi) is 6.18. The lowest BCUT2D eigenvalue weighted by Gasteiger charge is -2.08. The fraction of sp³-hybridized carbons (Fsp3) is 0.136. The summed E-state index contributed by atoms with van der Waals surface area (Å²) in [6.45, 7) is 1.50. The maximum absolute atomic E-state index is 13.1. The number of benzene rings is 3. The van der Waals surface area contributed by atoms with Gasteiger partial charge in [-0.05, 0) is 72.6 Å². The molecule has 3 aromatic carbocycles. The van der Waals surface area contributed by atoms with Crippen molar-refractivity contribution in [2.45, 2.75) is 13.0 Å². The molecule has 0 saturated heterocycles. The molecule has 0 aliphatic heterocycles. The lowest BCUT2D eigenvalue weighted by Crippen LogP contribution is -2.16. The van der Waals surface area contributed by atoms with Crippen molar-refractivity contribution in [3.8, 4) is 11.5 Å². The van der Waals surface area contributed by atoms with Gasteiger partial charge in [0.15, 0.2) is 0 Å². The van der Waals surface area contributed by atoms with Crippen molar-refractivity contribution in [2.24, 2.45) is 5.73 Å². The number of hydrogen-bond acceptors (Lipinski definition) is 3. The maximum Gasteiger partial charge on any atom is 0.248 e. The van der Waals surface area contributed by atoms with E-state index in [0.717, 1.165) is 30.6 Å². The van der Waals surface area contributed by atoms with Crippen molar-refractivity contribution in [3.05, 3.63) is 95.3 Å². The quantitative estimate of drug-likeness (QED) is 0.593. The summed E-state index contributed by atoms with van der Waals surface area (Å²) in [7, 11) is 0. The summed E-state index contributed by atoms with van der Waals surface area (Å²) in [6.07, 6.45) is 0.778. The van der Waals surface area contributed by atoms with Crippen molar-refractivity contribution in [3.63, 3.8) is 0 Å². The topological polar surface area (TPSA) is 64.4 Å². The molecule has 1 amide bonds. The van der Waals surface area contributed by atoms with Gasteiger partial charge in [0.1, 0.15) is 17.3 Å². The van der Waals surface area contributed by atoms with Gasteiger partial charge in [-0.2, -0.15) is 0 Å². The van der Waals surface area contributed by atoms with Crippen LogP contribution in [0.1, 0.15) is 21.5 Å². The van der Waals surface area contributed by atoms with Crippen LogP contribution in [0.25, 0.3) is 0 Å². The van der Waals surface area contributed by atoms with Crippen molar-refractivity contribution < 1.29 is 13.9 Å². The van der Waals surface area contributed by atoms with Crippen LogP contribution in [0.4, 0.5) is 4.39 Å². The number of nitrogens with one attached hydrogen (secondary N) is 1. The first-order chi connectivity index (χ1) is 13.1. The van der Waals surface area contributed by atoms with Gasteiger partial charge in [0.05, 0.1) is 0 Å². The first-order valence-electron chi connectivity index (χ1n) is 8.72. The Hall–Kier alpha value is -3.18. The van der Waals surface area contributed by atoms with E-state index >= 15 is 0 Å². The van der Waals surface area contributed by atoms with E-state index < -0.39 is 5.91 Å². The number of amides is 1. The summed E-state index contributed by atoms with van der Waals surface area (Å²) >= 11 is 0. The molecule has 3 N–H and O–H groups in total. The van der Waals surface area contributed by atoms with Crippen LogP contribution in [-0.4, -0.2) is 12.5 Å². The number of rotatable bonds is 8. The Morgan fingerprint density at radius 2 is 1.59 bits per heavy atom. The normalized spacial score (nSPS) is 10.6. The van der Waals surface area contributed by atoms with Gasteiger partial charge in [-0.25, -0.2) is 4.39 Å². The minimum atomic E-state index is -0.462. The van der Waals surface area contributed by atoms with Crippen LogP contribution in [0.2, 0.25) is 0 Å². The van der Waals surface area contributed by atoms with Gasteiger partial charge in [0, 0.05) is 12.1 Å². The predicted octanol–water partition coefficient (Wildman–Crippen LogP) is 4.05. The molecule has 4 nitrogen and oxygen atoms in total. The number of primary amides is 1. The molecule has 0 heterocycles. The smallest absolute Gasteiger partial charge is 0.248 e. The van der Waals surface area contributed by atoms with E-state index in [9.17, 15) is 9.18 Å². The molecule has 0 atom stereocenters. The molecule has 138 valence electrons. The second-order valence-electron chi connectivity index (χ2n) is 6.19. The molecule has 0 aromatic heterocycles. The van der Waals surface area contributed by atoms with Crippen LogP contribution in [0.5, 0.6) is 11.5 Å². The lowest BCUT2D eigenvalue weighted by atomic mass is 10.1. The molecule has 27 heavy (non-hydrogen) atoms. The number of ether oxygens (including phenoxy) is 1. The second-order valence-corrected chi connectivity index (χ2v) is 6.19. The predicted molar refractivity (Wildman–Crippen MR) is 103 cm³/mol. The largest absolute Gasteiger partial charge is 0.457 e. The zero-order valence-electron chi connectivity index (χ0n) is 14.8. The first-order valence-corrected chi connectivity index (χ1v) is 8.72. The molecule has 3 aromatic rings. The monoisotopic (exact) mass is 364 g/mol. The highest BCUT2D eigenvalue weighted by Crippen LogP contribution is 2.22. The fourth-order valence-electron chi connectivity index (χ4n) is 2.66. The minimum absolute atomic E-state index is 0.202. The van der Waals surface area contributed by atoms with Crippen molar-refractivity contribution in [2.75, 3.05) is 6.54 Å². The first kappa shape index (κ1) is 18.6. The van der Waals surface area contributed by atoms with Crippen LogP contribution in [0.3, 0.4) is 0 Å². The fourth-order valence-corrected chi connectivity index (χ4v) is 2.66. The standard InChI is InChI=1S/C22H21FN2O2/c23-19-3-1-2-16(14-19)12-13-25-15-17-4-8-20(9-5-17)27-21-10-6-18(7-11-21)22(24)26/h1-11,14,25H,12-13,15H2,(H2,24,26). The molecule has 0 fully saturated rings. The van der Waals surface area contributed by atoms with E-state index in [1.807, 2.05) is 30.3 Å². The van der Waals surface area contributed by atoms with E-state index in [2.05, 4.69) is 5.32 Å². The summed E-state index contributed by atoms with van der Waals surface area (Å²) in [4.78, 5) is 11.1. The van der Waals surface area contributed by atoms with Crippen molar-refractivity contribution >= 4 is 5.91 Å². The van der Waals surface area contributed by atoms with E-state index in [-0.39, 0.29) is 5.82 Å². The van der Waals surface area contributed by atoms with Gasteiger partial charge in [0.25, 0.3) is 0 Å². The van der Waals surface area contributed by atoms with Gasteiger partial charge in [0.2, 0.25) is 5.91 Å². The van der Waals surface area contributed by atoms with E-state index in [4.69, 9.17) is 10.5 Å². The third-order valence-corrected chi connectivity index (χ3v) is 4.11. The maximum atomic E-state index is 13.1. The van der Waals surface area contributed by atoms with Crippen LogP contribution in [0, 0.1) is 5.82 Å². The van der Waals surface area contributed by atoms with Crippen LogP contribution < -0.4 is 15.8 Å². The summed E-state index contributed by atoms with van der Waals surface area (Å²) in [6, 6.07) is 21.1. The Balaban J connectivity index is 1.46. The highest BCUT2D eigenvalue weighted by molar-refractivity contribution is 5.92. The van der Waals surface area contributed by atoms with Gasteiger partial charge >= 0.3 is 0 Å². The highest BCUT2D eigenvalue weighted by Gasteiger charge is 2.02.